The minimum atomic E-state index is -3.89. The molecule has 1 saturated carbocycles. The summed E-state index contributed by atoms with van der Waals surface area (Å²) < 4.78 is 27.9. The summed E-state index contributed by atoms with van der Waals surface area (Å²) in [4.78, 5) is 23.1. The number of sulfonamides is 1. The number of nitro groups is 1. The van der Waals surface area contributed by atoms with Gasteiger partial charge in [-0.1, -0.05) is 48.6 Å². The maximum atomic E-state index is 13.3. The maximum Gasteiger partial charge on any atom is 0.270 e. The molecule has 0 aromatic heterocycles. The van der Waals surface area contributed by atoms with E-state index in [-0.39, 0.29) is 33.8 Å². The van der Waals surface area contributed by atoms with E-state index in [1.165, 1.54) is 28.7 Å². The minimum Gasteiger partial charge on any atom is -0.272 e. The minimum absolute atomic E-state index is 0.137. The number of carbonyl (C=O) groups excluding carboxylic acids is 1. The number of aryl methyl sites for hydroxylation is 1. The van der Waals surface area contributed by atoms with Gasteiger partial charge >= 0.3 is 0 Å². The van der Waals surface area contributed by atoms with Gasteiger partial charge in [-0.05, 0) is 38.0 Å². The number of hydrogen-bond donors (Lipinski definition) is 1. The second kappa shape index (κ2) is 10.9. The molecule has 1 N–H and O–H groups in total. The zero-order chi connectivity index (χ0) is 24.0. The quantitative estimate of drug-likeness (QED) is 0.338. The van der Waals surface area contributed by atoms with Crippen LogP contribution >= 0.6 is 11.6 Å². The smallest absolute Gasteiger partial charge is 0.270 e. The number of nitro benzene ring substituents is 1. The molecule has 0 heterocycles. The molecule has 3 rings (SSSR count). The fourth-order valence-electron chi connectivity index (χ4n) is 3.72. The summed E-state index contributed by atoms with van der Waals surface area (Å²) in [6.07, 6.45) is 5.39. The SMILES string of the molecule is Cc1ccc(S(=O)(=O)N(CC(=O)N/N=C\c2cc([N+](=O)[O-])ccc2Cl)C2CCCCC2)cc1. The second-order valence-corrected chi connectivity index (χ2v) is 10.2. The van der Waals surface area contributed by atoms with Crippen molar-refractivity contribution >= 4 is 39.4 Å². The predicted octanol–water partition coefficient (Wildman–Crippen LogP) is 4.03. The van der Waals surface area contributed by atoms with E-state index in [9.17, 15) is 23.3 Å². The van der Waals surface area contributed by atoms with E-state index in [4.69, 9.17) is 11.6 Å². The summed E-state index contributed by atoms with van der Waals surface area (Å²) in [6, 6.07) is 10.1. The Morgan fingerprint density at radius 1 is 1.21 bits per heavy atom. The van der Waals surface area contributed by atoms with Crippen molar-refractivity contribution in [1.29, 1.82) is 0 Å². The van der Waals surface area contributed by atoms with Gasteiger partial charge in [-0.25, -0.2) is 13.8 Å². The highest BCUT2D eigenvalue weighted by atomic mass is 35.5. The molecule has 1 fully saturated rings. The summed E-state index contributed by atoms with van der Waals surface area (Å²) in [5.41, 5.74) is 3.33. The number of amides is 1. The number of hydrazone groups is 1. The third-order valence-electron chi connectivity index (χ3n) is 5.49. The van der Waals surface area contributed by atoms with Gasteiger partial charge in [-0.15, -0.1) is 0 Å². The topological polar surface area (TPSA) is 122 Å². The average Bonchev–Trinajstić information content (AvgIpc) is 2.79. The monoisotopic (exact) mass is 492 g/mol. The van der Waals surface area contributed by atoms with E-state index in [2.05, 4.69) is 10.5 Å². The number of non-ortho nitro benzene ring substituents is 1. The molecule has 0 saturated heterocycles. The molecular weight excluding hydrogens is 468 g/mol. The molecule has 0 unspecified atom stereocenters. The van der Waals surface area contributed by atoms with Crippen LogP contribution in [-0.2, 0) is 14.8 Å². The van der Waals surface area contributed by atoms with Crippen LogP contribution in [0, 0.1) is 17.0 Å². The van der Waals surface area contributed by atoms with Gasteiger partial charge in [-0.2, -0.15) is 9.41 Å². The third kappa shape index (κ3) is 6.37. The van der Waals surface area contributed by atoms with Crippen molar-refractivity contribution in [3.8, 4) is 0 Å². The number of benzene rings is 2. The molecule has 0 spiro atoms. The van der Waals surface area contributed by atoms with Crippen LogP contribution < -0.4 is 5.43 Å². The van der Waals surface area contributed by atoms with Crippen LogP contribution in [-0.4, -0.2) is 42.4 Å². The van der Waals surface area contributed by atoms with Gasteiger partial charge in [0.15, 0.2) is 0 Å². The molecule has 0 aliphatic heterocycles. The van der Waals surface area contributed by atoms with Crippen LogP contribution in [0.2, 0.25) is 5.02 Å². The van der Waals surface area contributed by atoms with Crippen molar-refractivity contribution in [2.75, 3.05) is 6.54 Å². The van der Waals surface area contributed by atoms with Crippen LogP contribution in [0.15, 0.2) is 52.5 Å². The Balaban J connectivity index is 1.76. The second-order valence-electron chi connectivity index (χ2n) is 7.91. The van der Waals surface area contributed by atoms with Crippen LogP contribution in [0.25, 0.3) is 0 Å². The van der Waals surface area contributed by atoms with Gasteiger partial charge in [-0.3, -0.25) is 14.9 Å². The van der Waals surface area contributed by atoms with E-state index in [0.29, 0.717) is 12.8 Å². The molecule has 2 aromatic carbocycles. The zero-order valence-corrected chi connectivity index (χ0v) is 19.7. The van der Waals surface area contributed by atoms with Crippen molar-refractivity contribution in [3.63, 3.8) is 0 Å². The number of nitrogens with one attached hydrogen (secondary N) is 1. The van der Waals surface area contributed by atoms with E-state index < -0.39 is 20.9 Å². The first-order valence-corrected chi connectivity index (χ1v) is 12.3. The van der Waals surface area contributed by atoms with Gasteiger partial charge < -0.3 is 0 Å². The molecule has 176 valence electrons. The highest BCUT2D eigenvalue weighted by molar-refractivity contribution is 7.89. The lowest BCUT2D eigenvalue weighted by atomic mass is 9.95. The van der Waals surface area contributed by atoms with Gasteiger partial charge in [0, 0.05) is 28.8 Å². The first-order valence-electron chi connectivity index (χ1n) is 10.5. The van der Waals surface area contributed by atoms with Crippen LogP contribution in [0.5, 0.6) is 0 Å². The first kappa shape index (κ1) is 24.8. The summed E-state index contributed by atoms with van der Waals surface area (Å²) in [5.74, 6) is -0.617. The van der Waals surface area contributed by atoms with Crippen LogP contribution in [0.1, 0.15) is 43.2 Å². The zero-order valence-electron chi connectivity index (χ0n) is 18.1. The number of carbonyl (C=O) groups is 1. The largest absolute Gasteiger partial charge is 0.272 e. The standard InChI is InChI=1S/C22H25ClN4O5S/c1-16-7-10-20(11-8-16)33(31,32)26(18-5-3-2-4-6-18)15-22(28)25-24-14-17-13-19(27(29)30)9-12-21(17)23/h7-14,18H,2-6,15H2,1H3,(H,25,28)/b24-14-. The Morgan fingerprint density at radius 3 is 2.52 bits per heavy atom. The number of halogens is 1. The van der Waals surface area contributed by atoms with E-state index in [0.717, 1.165) is 24.8 Å². The van der Waals surface area contributed by atoms with E-state index in [1.807, 2.05) is 6.92 Å². The fourth-order valence-corrected chi connectivity index (χ4v) is 5.53. The van der Waals surface area contributed by atoms with Gasteiger partial charge in [0.1, 0.15) is 0 Å². The highest BCUT2D eigenvalue weighted by Crippen LogP contribution is 2.28. The van der Waals surface area contributed by atoms with Gasteiger partial charge in [0.25, 0.3) is 11.6 Å². The number of hydrogen-bond acceptors (Lipinski definition) is 6. The molecule has 0 radical (unpaired) electrons. The Hall–Kier alpha value is -2.82. The van der Waals surface area contributed by atoms with Gasteiger partial charge in [0.05, 0.1) is 22.6 Å². The summed E-state index contributed by atoms with van der Waals surface area (Å²) in [7, 11) is -3.89. The van der Waals surface area contributed by atoms with E-state index >= 15 is 0 Å². The summed E-state index contributed by atoms with van der Waals surface area (Å²) in [6.45, 7) is 1.48. The lowest BCUT2D eigenvalue weighted by Crippen LogP contribution is -2.46. The predicted molar refractivity (Wildman–Crippen MR) is 126 cm³/mol. The van der Waals surface area contributed by atoms with Crippen molar-refractivity contribution in [2.45, 2.75) is 50.0 Å². The molecule has 2 aromatic rings. The van der Waals surface area contributed by atoms with Crippen LogP contribution in [0.3, 0.4) is 0 Å². The molecule has 1 amide bonds. The van der Waals surface area contributed by atoms with Crippen LogP contribution in [0.4, 0.5) is 5.69 Å². The Labute approximate surface area is 197 Å². The van der Waals surface area contributed by atoms with Crippen molar-refractivity contribution < 1.29 is 18.1 Å². The Bertz CT molecular complexity index is 1150. The molecule has 1 aliphatic rings. The normalized spacial score (nSPS) is 15.1. The van der Waals surface area contributed by atoms with Gasteiger partial charge in [0.2, 0.25) is 10.0 Å². The highest BCUT2D eigenvalue weighted by Gasteiger charge is 2.33. The van der Waals surface area contributed by atoms with Crippen molar-refractivity contribution in [1.82, 2.24) is 9.73 Å². The lowest BCUT2D eigenvalue weighted by Gasteiger charge is -2.32. The molecule has 33 heavy (non-hydrogen) atoms. The molecule has 0 bridgehead atoms. The fraction of sp³-hybridized carbons (Fsp3) is 0.364. The maximum absolute atomic E-state index is 13.3. The Kier molecular flexibility index (Phi) is 8.17. The molecule has 1 aliphatic carbocycles. The average molecular weight is 493 g/mol. The number of rotatable bonds is 8. The van der Waals surface area contributed by atoms with E-state index in [1.54, 1.807) is 24.3 Å². The Morgan fingerprint density at radius 2 is 1.88 bits per heavy atom. The number of nitrogens with zero attached hydrogens (tertiary/aromatic N) is 3. The molecule has 9 nitrogen and oxygen atoms in total. The lowest BCUT2D eigenvalue weighted by molar-refractivity contribution is -0.384. The molecule has 11 heteroatoms. The third-order valence-corrected chi connectivity index (χ3v) is 7.75. The van der Waals surface area contributed by atoms with Crippen molar-refractivity contribution in [3.05, 3.63) is 68.7 Å². The molecular formula is C22H25ClN4O5S. The molecule has 0 atom stereocenters. The summed E-state index contributed by atoms with van der Waals surface area (Å²) in [5, 5.41) is 15.0. The first-order chi connectivity index (χ1) is 15.7. The van der Waals surface area contributed by atoms with Crippen molar-refractivity contribution in [2.24, 2.45) is 5.10 Å². The summed E-state index contributed by atoms with van der Waals surface area (Å²) >= 11 is 6.03.